The summed E-state index contributed by atoms with van der Waals surface area (Å²) in [5.41, 5.74) is 1.17. The Bertz CT molecular complexity index is 512. The van der Waals surface area contributed by atoms with Gasteiger partial charge in [0, 0.05) is 39.9 Å². The van der Waals surface area contributed by atoms with Crippen molar-refractivity contribution in [2.24, 2.45) is 7.05 Å². The number of amides is 1. The highest BCUT2D eigenvalue weighted by Gasteiger charge is 2.36. The Morgan fingerprint density at radius 2 is 2.36 bits per heavy atom. The Balaban J connectivity index is 2.07. The van der Waals surface area contributed by atoms with Crippen LogP contribution in [0.1, 0.15) is 12.0 Å². The molecule has 1 aliphatic heterocycles. The van der Waals surface area contributed by atoms with Crippen molar-refractivity contribution in [1.29, 1.82) is 0 Å². The summed E-state index contributed by atoms with van der Waals surface area (Å²) < 4.78 is 7.71. The highest BCUT2D eigenvalue weighted by molar-refractivity contribution is 5.77. The number of hydrogen-bond acceptors (Lipinski definition) is 4. The zero-order valence-corrected chi connectivity index (χ0v) is 13.7. The molecule has 2 rings (SSSR count). The largest absolute Gasteiger partial charge is 0.372 e. The minimum Gasteiger partial charge on any atom is -0.372 e. The van der Waals surface area contributed by atoms with Crippen molar-refractivity contribution in [3.63, 3.8) is 0 Å². The summed E-state index contributed by atoms with van der Waals surface area (Å²) in [6.07, 6.45) is 7.60. The molecule has 6 heteroatoms. The molecule has 0 saturated carbocycles. The van der Waals surface area contributed by atoms with Gasteiger partial charge in [-0.25, -0.2) is 0 Å². The lowest BCUT2D eigenvalue weighted by Gasteiger charge is -2.28. The third kappa shape index (κ3) is 4.18. The molecule has 0 aliphatic carbocycles. The summed E-state index contributed by atoms with van der Waals surface area (Å²) in [6.45, 7) is 5.57. The van der Waals surface area contributed by atoms with Crippen molar-refractivity contribution in [2.75, 3.05) is 33.8 Å². The average Bonchev–Trinajstić information content (AvgIpc) is 3.04. The van der Waals surface area contributed by atoms with Crippen LogP contribution in [-0.2, 0) is 23.0 Å². The minimum absolute atomic E-state index is 0.126. The quantitative estimate of drug-likeness (QED) is 0.696. The predicted molar refractivity (Wildman–Crippen MR) is 85.5 cm³/mol. The van der Waals surface area contributed by atoms with Crippen LogP contribution >= 0.6 is 0 Å². The highest BCUT2D eigenvalue weighted by atomic mass is 16.5. The lowest BCUT2D eigenvalue weighted by Crippen LogP contribution is -2.43. The van der Waals surface area contributed by atoms with Crippen molar-refractivity contribution < 1.29 is 9.53 Å². The van der Waals surface area contributed by atoms with Crippen molar-refractivity contribution in [1.82, 2.24) is 19.6 Å². The first-order valence-electron chi connectivity index (χ1n) is 7.65. The molecule has 2 heterocycles. The second-order valence-electron chi connectivity index (χ2n) is 6.00. The van der Waals surface area contributed by atoms with Gasteiger partial charge < -0.3 is 9.64 Å². The van der Waals surface area contributed by atoms with E-state index in [0.717, 1.165) is 19.4 Å². The van der Waals surface area contributed by atoms with Crippen LogP contribution in [0.3, 0.4) is 0 Å². The lowest BCUT2D eigenvalue weighted by molar-refractivity contribution is -0.130. The third-order valence-electron chi connectivity index (χ3n) is 4.07. The zero-order valence-electron chi connectivity index (χ0n) is 13.7. The summed E-state index contributed by atoms with van der Waals surface area (Å²) in [4.78, 5) is 15.9. The number of likely N-dealkylation sites (tertiary alicyclic amines) is 1. The van der Waals surface area contributed by atoms with E-state index in [4.69, 9.17) is 4.74 Å². The molecule has 6 nitrogen and oxygen atoms in total. The zero-order chi connectivity index (χ0) is 16.1. The fourth-order valence-corrected chi connectivity index (χ4v) is 2.86. The summed E-state index contributed by atoms with van der Waals surface area (Å²) >= 11 is 0. The number of rotatable bonds is 7. The number of likely N-dealkylation sites (N-methyl/N-ethyl adjacent to an activating group) is 1. The van der Waals surface area contributed by atoms with Gasteiger partial charge in [0.2, 0.25) is 5.91 Å². The van der Waals surface area contributed by atoms with Gasteiger partial charge in [0.05, 0.1) is 25.5 Å². The molecule has 0 unspecified atom stereocenters. The third-order valence-corrected chi connectivity index (χ3v) is 4.07. The Hall–Kier alpha value is -1.66. The molecular formula is C16H26N4O2. The number of hydrogen-bond donors (Lipinski definition) is 0. The fourth-order valence-electron chi connectivity index (χ4n) is 2.86. The summed E-state index contributed by atoms with van der Waals surface area (Å²) in [5, 5.41) is 4.23. The summed E-state index contributed by atoms with van der Waals surface area (Å²) in [5.74, 6) is 0.126. The van der Waals surface area contributed by atoms with Gasteiger partial charge in [-0.2, -0.15) is 5.10 Å². The van der Waals surface area contributed by atoms with Crippen LogP contribution in [0.15, 0.2) is 25.0 Å². The van der Waals surface area contributed by atoms with Crippen molar-refractivity contribution >= 4 is 5.91 Å². The van der Waals surface area contributed by atoms with Crippen LogP contribution in [0.2, 0.25) is 0 Å². The number of aromatic nitrogens is 2. The van der Waals surface area contributed by atoms with E-state index in [9.17, 15) is 4.79 Å². The van der Waals surface area contributed by atoms with Crippen LogP contribution in [0.5, 0.6) is 0 Å². The Morgan fingerprint density at radius 1 is 1.59 bits per heavy atom. The van der Waals surface area contributed by atoms with Gasteiger partial charge in [-0.15, -0.1) is 6.58 Å². The van der Waals surface area contributed by atoms with Crippen molar-refractivity contribution in [2.45, 2.75) is 25.0 Å². The molecule has 0 aromatic carbocycles. The lowest BCUT2D eigenvalue weighted by atomic mass is 10.0. The second-order valence-corrected chi connectivity index (χ2v) is 6.00. The van der Waals surface area contributed by atoms with Gasteiger partial charge >= 0.3 is 0 Å². The Kier molecular flexibility index (Phi) is 5.74. The van der Waals surface area contributed by atoms with E-state index in [1.54, 1.807) is 29.8 Å². The maximum Gasteiger partial charge on any atom is 0.236 e. The molecule has 0 spiro atoms. The van der Waals surface area contributed by atoms with E-state index in [2.05, 4.69) is 16.6 Å². The topological polar surface area (TPSA) is 50.6 Å². The molecule has 0 radical (unpaired) electrons. The molecular weight excluding hydrogens is 280 g/mol. The normalized spacial score (nSPS) is 22.0. The van der Waals surface area contributed by atoms with E-state index in [0.29, 0.717) is 13.2 Å². The molecule has 22 heavy (non-hydrogen) atoms. The first-order valence-corrected chi connectivity index (χ1v) is 7.65. The van der Waals surface area contributed by atoms with E-state index < -0.39 is 0 Å². The average molecular weight is 306 g/mol. The number of aryl methyl sites for hydroxylation is 1. The molecule has 1 aromatic rings. The van der Waals surface area contributed by atoms with Crippen LogP contribution < -0.4 is 0 Å². The van der Waals surface area contributed by atoms with Gasteiger partial charge in [0.15, 0.2) is 0 Å². The molecule has 2 atom stereocenters. The molecule has 1 saturated heterocycles. The van der Waals surface area contributed by atoms with Gasteiger partial charge in [0.25, 0.3) is 0 Å². The van der Waals surface area contributed by atoms with Gasteiger partial charge in [-0.3, -0.25) is 14.4 Å². The molecule has 1 aromatic heterocycles. The molecule has 0 N–H and O–H groups in total. The maximum atomic E-state index is 12.0. The van der Waals surface area contributed by atoms with Crippen molar-refractivity contribution in [3.8, 4) is 0 Å². The highest BCUT2D eigenvalue weighted by Crippen LogP contribution is 2.24. The van der Waals surface area contributed by atoms with Crippen LogP contribution in [-0.4, -0.2) is 71.4 Å². The molecule has 1 fully saturated rings. The fraction of sp³-hybridized carbons (Fsp3) is 0.625. The molecule has 1 amide bonds. The van der Waals surface area contributed by atoms with E-state index in [-0.39, 0.29) is 18.1 Å². The first kappa shape index (κ1) is 16.7. The predicted octanol–water partition coefficient (Wildman–Crippen LogP) is 0.696. The van der Waals surface area contributed by atoms with E-state index in [1.165, 1.54) is 5.56 Å². The smallest absolute Gasteiger partial charge is 0.236 e. The number of ether oxygens (including phenoxy) is 1. The van der Waals surface area contributed by atoms with Crippen LogP contribution in [0.4, 0.5) is 0 Å². The Labute approximate surface area is 132 Å². The number of carbonyl (C=O) groups is 1. The molecule has 122 valence electrons. The number of nitrogens with zero attached hydrogens (tertiary/aromatic N) is 4. The Morgan fingerprint density at radius 3 is 2.95 bits per heavy atom. The van der Waals surface area contributed by atoms with Crippen LogP contribution in [0.25, 0.3) is 0 Å². The van der Waals surface area contributed by atoms with Gasteiger partial charge in [-0.1, -0.05) is 6.08 Å². The maximum absolute atomic E-state index is 12.0. The number of carbonyl (C=O) groups excluding carboxylic acids is 1. The first-order chi connectivity index (χ1) is 10.5. The molecule has 1 aliphatic rings. The SMILES string of the molecule is C=CCO[C@H]1CCN(CC(=O)N(C)C)[C@H]1Cc1cnn(C)c1. The summed E-state index contributed by atoms with van der Waals surface area (Å²) in [6, 6.07) is 0.202. The minimum atomic E-state index is 0.126. The van der Waals surface area contributed by atoms with E-state index in [1.807, 2.05) is 19.4 Å². The van der Waals surface area contributed by atoms with Crippen molar-refractivity contribution in [3.05, 3.63) is 30.6 Å². The van der Waals surface area contributed by atoms with Crippen LogP contribution in [0, 0.1) is 0 Å². The standard InChI is InChI=1S/C16H26N4O2/c1-5-8-22-15-6-7-20(12-16(21)18(2)3)14(15)9-13-10-17-19(4)11-13/h5,10-11,14-15H,1,6-9,12H2,2-4H3/t14-,15-/m0/s1. The monoisotopic (exact) mass is 306 g/mol. The molecule has 0 bridgehead atoms. The van der Waals surface area contributed by atoms with Gasteiger partial charge in [0.1, 0.15) is 0 Å². The van der Waals surface area contributed by atoms with E-state index >= 15 is 0 Å². The van der Waals surface area contributed by atoms with Gasteiger partial charge in [-0.05, 0) is 18.4 Å². The second kappa shape index (κ2) is 7.56. The summed E-state index contributed by atoms with van der Waals surface area (Å²) in [7, 11) is 5.50.